The molecule has 1 saturated heterocycles. The minimum Gasteiger partial charge on any atom is -0.469 e. The van der Waals surface area contributed by atoms with E-state index in [1.807, 2.05) is 36.4 Å². The van der Waals surface area contributed by atoms with Crippen molar-refractivity contribution in [1.29, 1.82) is 0 Å². The molecular weight excluding hydrogens is 476 g/mol. The average molecular weight is 509 g/mol. The maximum Gasteiger partial charge on any atom is 0.309 e. The van der Waals surface area contributed by atoms with E-state index in [1.54, 1.807) is 68.4 Å². The number of rotatable bonds is 9. The molecule has 0 spiro atoms. The Morgan fingerprint density at radius 1 is 0.944 bits per heavy atom. The van der Waals surface area contributed by atoms with Gasteiger partial charge in [-0.1, -0.05) is 78.9 Å². The number of methoxy groups -OCH3 is 1. The number of carbonyl (C=O) groups is 1. The highest BCUT2D eigenvalue weighted by atomic mass is 32.2. The first kappa shape index (κ1) is 26.1. The standard InChI is InChI=1S/C29H32O6S/c1-29(2)34-20-25(35-29)26(24(28(30)33-3)19-21-13-7-4-8-14-21)27(22-15-9-5-10-16-22)36(31,32)23-17-11-6-12-18-23/h4-18,24-27H,19-20H2,1-3H3/t24-,25+,26+,27+/m0/s1. The van der Waals surface area contributed by atoms with Gasteiger partial charge in [-0.05, 0) is 43.5 Å². The molecule has 4 rings (SSSR count). The Hall–Kier alpha value is -3.00. The number of esters is 1. The quantitative estimate of drug-likeness (QED) is 0.379. The fourth-order valence-corrected chi connectivity index (χ4v) is 7.10. The number of hydrogen-bond donors (Lipinski definition) is 0. The van der Waals surface area contributed by atoms with E-state index >= 15 is 0 Å². The van der Waals surface area contributed by atoms with Crippen LogP contribution in [0.3, 0.4) is 0 Å². The topological polar surface area (TPSA) is 78.9 Å². The van der Waals surface area contributed by atoms with Gasteiger partial charge in [-0.2, -0.15) is 0 Å². The summed E-state index contributed by atoms with van der Waals surface area (Å²) in [4.78, 5) is 13.5. The minimum absolute atomic E-state index is 0.160. The molecule has 4 atom stereocenters. The lowest BCUT2D eigenvalue weighted by atomic mass is 9.79. The van der Waals surface area contributed by atoms with Crippen molar-refractivity contribution in [2.24, 2.45) is 11.8 Å². The summed E-state index contributed by atoms with van der Waals surface area (Å²) in [6.07, 6.45) is -0.358. The van der Waals surface area contributed by atoms with Crippen molar-refractivity contribution >= 4 is 15.8 Å². The third kappa shape index (κ3) is 5.69. The van der Waals surface area contributed by atoms with Crippen LogP contribution < -0.4 is 0 Å². The Kier molecular flexibility index (Phi) is 7.93. The monoisotopic (exact) mass is 508 g/mol. The fourth-order valence-electron chi connectivity index (χ4n) is 4.97. The zero-order chi connectivity index (χ0) is 25.8. The molecule has 0 radical (unpaired) electrons. The Labute approximate surface area is 213 Å². The van der Waals surface area contributed by atoms with Gasteiger partial charge in [-0.25, -0.2) is 8.42 Å². The second-order valence-electron chi connectivity index (χ2n) is 9.45. The Morgan fingerprint density at radius 3 is 2.03 bits per heavy atom. The van der Waals surface area contributed by atoms with E-state index in [9.17, 15) is 13.2 Å². The fraction of sp³-hybridized carbons (Fsp3) is 0.345. The van der Waals surface area contributed by atoms with Crippen molar-refractivity contribution in [2.45, 2.75) is 42.3 Å². The highest BCUT2D eigenvalue weighted by Gasteiger charge is 2.51. The zero-order valence-electron chi connectivity index (χ0n) is 20.7. The van der Waals surface area contributed by atoms with E-state index in [1.165, 1.54) is 7.11 Å². The van der Waals surface area contributed by atoms with Crippen LogP contribution in [-0.2, 0) is 35.3 Å². The number of carbonyl (C=O) groups excluding carboxylic acids is 1. The van der Waals surface area contributed by atoms with E-state index in [4.69, 9.17) is 14.2 Å². The maximum atomic E-state index is 14.3. The van der Waals surface area contributed by atoms with E-state index in [0.29, 0.717) is 12.0 Å². The van der Waals surface area contributed by atoms with E-state index < -0.39 is 44.8 Å². The maximum absolute atomic E-state index is 14.3. The second kappa shape index (κ2) is 10.9. The highest BCUT2D eigenvalue weighted by molar-refractivity contribution is 7.91. The molecule has 0 aromatic heterocycles. The molecule has 1 aliphatic heterocycles. The largest absolute Gasteiger partial charge is 0.469 e. The number of ether oxygens (including phenoxy) is 3. The summed E-state index contributed by atoms with van der Waals surface area (Å²) >= 11 is 0. The molecule has 1 heterocycles. The molecule has 0 saturated carbocycles. The van der Waals surface area contributed by atoms with Crippen LogP contribution in [0, 0.1) is 11.8 Å². The molecule has 0 aliphatic carbocycles. The van der Waals surface area contributed by atoms with E-state index in [-0.39, 0.29) is 11.5 Å². The number of hydrogen-bond acceptors (Lipinski definition) is 6. The van der Waals surface area contributed by atoms with Crippen molar-refractivity contribution in [3.05, 3.63) is 102 Å². The first-order chi connectivity index (χ1) is 17.2. The lowest BCUT2D eigenvalue weighted by Crippen LogP contribution is -2.43. The van der Waals surface area contributed by atoms with Gasteiger partial charge in [-0.15, -0.1) is 0 Å². The van der Waals surface area contributed by atoms with Crippen LogP contribution in [0.2, 0.25) is 0 Å². The molecule has 7 heteroatoms. The van der Waals surface area contributed by atoms with Gasteiger partial charge in [0, 0.05) is 5.92 Å². The van der Waals surface area contributed by atoms with E-state index in [2.05, 4.69) is 0 Å². The molecule has 190 valence electrons. The molecule has 0 unspecified atom stereocenters. The molecule has 0 bridgehead atoms. The van der Waals surface area contributed by atoms with Gasteiger partial charge < -0.3 is 14.2 Å². The van der Waals surface area contributed by atoms with Crippen LogP contribution in [0.15, 0.2) is 95.9 Å². The van der Waals surface area contributed by atoms with Gasteiger partial charge >= 0.3 is 5.97 Å². The summed E-state index contributed by atoms with van der Waals surface area (Å²) in [5, 5.41) is -1.07. The predicted octanol–water partition coefficient (Wildman–Crippen LogP) is 5.00. The normalized spacial score (nSPS) is 19.8. The van der Waals surface area contributed by atoms with Crippen LogP contribution in [-0.4, -0.2) is 40.0 Å². The molecule has 6 nitrogen and oxygen atoms in total. The highest BCUT2D eigenvalue weighted by Crippen LogP contribution is 2.45. The van der Waals surface area contributed by atoms with Gasteiger partial charge in [-0.3, -0.25) is 4.79 Å². The number of benzene rings is 3. The smallest absolute Gasteiger partial charge is 0.309 e. The SMILES string of the molecule is COC(=O)[C@@H](Cc1ccccc1)[C@@H]([C@@H](c1ccccc1)S(=O)(=O)c1ccccc1)[C@H]1COC(C)(C)O1. The average Bonchev–Trinajstić information content (AvgIpc) is 3.26. The third-order valence-electron chi connectivity index (χ3n) is 6.61. The third-order valence-corrected chi connectivity index (χ3v) is 8.79. The van der Waals surface area contributed by atoms with Crippen LogP contribution in [0.5, 0.6) is 0 Å². The van der Waals surface area contributed by atoms with Gasteiger partial charge in [0.1, 0.15) is 0 Å². The van der Waals surface area contributed by atoms with Gasteiger partial charge in [0.15, 0.2) is 15.6 Å². The predicted molar refractivity (Wildman–Crippen MR) is 137 cm³/mol. The van der Waals surface area contributed by atoms with Crippen LogP contribution in [0.25, 0.3) is 0 Å². The molecular formula is C29H32O6S. The molecule has 0 amide bonds. The number of sulfone groups is 1. The van der Waals surface area contributed by atoms with Crippen molar-refractivity contribution in [2.75, 3.05) is 13.7 Å². The second-order valence-corrected chi connectivity index (χ2v) is 11.5. The summed E-state index contributed by atoms with van der Waals surface area (Å²) in [5.74, 6) is -2.98. The summed E-state index contributed by atoms with van der Waals surface area (Å²) in [5.41, 5.74) is 1.49. The molecule has 1 fully saturated rings. The Balaban J connectivity index is 1.92. The zero-order valence-corrected chi connectivity index (χ0v) is 21.6. The Bertz CT molecular complexity index is 1240. The molecule has 3 aromatic rings. The van der Waals surface area contributed by atoms with Gasteiger partial charge in [0.25, 0.3) is 0 Å². The van der Waals surface area contributed by atoms with Gasteiger partial charge in [0.05, 0.1) is 35.9 Å². The summed E-state index contributed by atoms with van der Waals surface area (Å²) in [6.45, 7) is 3.74. The van der Waals surface area contributed by atoms with Crippen molar-refractivity contribution in [3.8, 4) is 0 Å². The molecule has 1 aliphatic rings. The first-order valence-corrected chi connectivity index (χ1v) is 13.5. The van der Waals surface area contributed by atoms with Crippen molar-refractivity contribution < 1.29 is 27.4 Å². The van der Waals surface area contributed by atoms with E-state index in [0.717, 1.165) is 5.56 Å². The van der Waals surface area contributed by atoms with Gasteiger partial charge in [0.2, 0.25) is 0 Å². The first-order valence-electron chi connectivity index (χ1n) is 12.0. The van der Waals surface area contributed by atoms with Crippen molar-refractivity contribution in [3.63, 3.8) is 0 Å². The van der Waals surface area contributed by atoms with Crippen LogP contribution in [0.4, 0.5) is 0 Å². The minimum atomic E-state index is -3.95. The summed E-state index contributed by atoms with van der Waals surface area (Å²) in [7, 11) is -2.62. The lowest BCUT2D eigenvalue weighted by molar-refractivity contribution is -0.159. The van der Waals surface area contributed by atoms with Crippen LogP contribution >= 0.6 is 0 Å². The van der Waals surface area contributed by atoms with Crippen molar-refractivity contribution in [1.82, 2.24) is 0 Å². The summed E-state index contributed by atoms with van der Waals surface area (Å²) in [6, 6.07) is 26.9. The molecule has 0 N–H and O–H groups in total. The summed E-state index contributed by atoms with van der Waals surface area (Å²) < 4.78 is 46.0. The molecule has 3 aromatic carbocycles. The van der Waals surface area contributed by atoms with Crippen LogP contribution in [0.1, 0.15) is 30.2 Å². The molecule has 36 heavy (non-hydrogen) atoms. The Morgan fingerprint density at radius 2 is 1.50 bits per heavy atom. The lowest BCUT2D eigenvalue weighted by Gasteiger charge is -2.36.